The van der Waals surface area contributed by atoms with Gasteiger partial charge in [-0.25, -0.2) is 3.63 Å². The zero-order valence-electron chi connectivity index (χ0n) is 18.0. The lowest BCUT2D eigenvalue weighted by molar-refractivity contribution is -0.128. The first kappa shape index (κ1) is 23.6. The van der Waals surface area contributed by atoms with Gasteiger partial charge < -0.3 is 0 Å². The third-order valence-electron chi connectivity index (χ3n) is 7.49. The molecule has 29 heavy (non-hydrogen) atoms. The molecule has 0 spiro atoms. The number of hydrogen-bond acceptors (Lipinski definition) is 6. The van der Waals surface area contributed by atoms with E-state index in [0.29, 0.717) is 30.8 Å². The lowest BCUT2D eigenvalue weighted by Gasteiger charge is -2.42. The second-order valence-corrected chi connectivity index (χ2v) is 15.8. The highest BCUT2D eigenvalue weighted by Crippen LogP contribution is 2.65. The van der Waals surface area contributed by atoms with E-state index in [1.165, 1.54) is 0 Å². The smallest absolute Gasteiger partial charge is 0.277 e. The Balaban J connectivity index is 1.75. The van der Waals surface area contributed by atoms with Gasteiger partial charge in [-0.2, -0.15) is 20.2 Å². The molecule has 2 saturated carbocycles. The summed E-state index contributed by atoms with van der Waals surface area (Å²) >= 11 is 1.80. The molecule has 0 aromatic carbocycles. The fourth-order valence-corrected chi connectivity index (χ4v) is 14.2. The molecule has 1 aliphatic heterocycles. The summed E-state index contributed by atoms with van der Waals surface area (Å²) in [6.45, 7) is 6.19. The van der Waals surface area contributed by atoms with Crippen molar-refractivity contribution in [2.24, 2.45) is 16.7 Å². The second kappa shape index (κ2) is 8.83. The molecule has 0 aromatic heterocycles. The summed E-state index contributed by atoms with van der Waals surface area (Å²) in [6, 6.07) is 0. The van der Waals surface area contributed by atoms with Crippen LogP contribution in [0.5, 0.6) is 0 Å². The average Bonchev–Trinajstić information content (AvgIpc) is 2.95. The molecular weight excluding hydrogens is 428 g/mol. The molecule has 8 heteroatoms. The average molecular weight is 465 g/mol. The molecule has 2 atom stereocenters. The van der Waals surface area contributed by atoms with Crippen molar-refractivity contribution in [3.63, 3.8) is 0 Å². The van der Waals surface area contributed by atoms with Crippen LogP contribution in [0, 0.1) is 16.7 Å². The summed E-state index contributed by atoms with van der Waals surface area (Å²) in [4.78, 5) is 25.4. The van der Waals surface area contributed by atoms with E-state index in [1.807, 2.05) is 13.8 Å². The molecule has 0 amide bonds. The number of thioether (sulfide) groups is 1. The number of hydrogen-bond donors (Lipinski definition) is 0. The van der Waals surface area contributed by atoms with Gasteiger partial charge in [-0.3, -0.25) is 9.59 Å². The van der Waals surface area contributed by atoms with Gasteiger partial charge in [-0.15, -0.1) is 10.3 Å². The fourth-order valence-electron chi connectivity index (χ4n) is 5.45. The number of Topliss-reactive ketones (excluding diaryl/α,β-unsaturated/α-hetero) is 2. The Kier molecular flexibility index (Phi) is 7.19. The minimum atomic E-state index is -3.89. The molecule has 3 aliphatic rings. The molecule has 3 rings (SSSR count). The van der Waals surface area contributed by atoms with Crippen molar-refractivity contribution >= 4 is 43.8 Å². The summed E-state index contributed by atoms with van der Waals surface area (Å²) < 4.78 is 32.5. The molecule has 1 heterocycles. The van der Waals surface area contributed by atoms with Gasteiger partial charge in [-0.1, -0.05) is 33.6 Å². The maximum atomic E-state index is 13.2. The standard InChI is InChI=1S/C21H36O5S3/c1-4-5-6-7-18(22)15-28(12-10-27-11-13-28)26-29(24,25)16-21-9-8-17(14-19(21)23)20(21,2)3/h17H,4-16H2,1-3H3. The topological polar surface area (TPSA) is 77.5 Å². The Morgan fingerprint density at radius 2 is 1.93 bits per heavy atom. The predicted molar refractivity (Wildman–Crippen MR) is 122 cm³/mol. The highest BCUT2D eigenvalue weighted by atomic mass is 32.3. The van der Waals surface area contributed by atoms with Crippen molar-refractivity contribution in [1.82, 2.24) is 0 Å². The molecule has 0 N–H and O–H groups in total. The van der Waals surface area contributed by atoms with Gasteiger partial charge in [0.1, 0.15) is 11.6 Å². The van der Waals surface area contributed by atoms with Crippen molar-refractivity contribution in [1.29, 1.82) is 0 Å². The number of fused-ring (bicyclic) bond motifs is 2. The van der Waals surface area contributed by atoms with Gasteiger partial charge in [0.25, 0.3) is 10.1 Å². The first-order valence-corrected chi connectivity index (χ1v) is 15.7. The van der Waals surface area contributed by atoms with Gasteiger partial charge in [0.2, 0.25) is 0 Å². The first-order chi connectivity index (χ1) is 13.6. The Bertz CT molecular complexity index is 739. The van der Waals surface area contributed by atoms with Crippen LogP contribution >= 0.6 is 22.1 Å². The number of unbranched alkanes of at least 4 members (excludes halogenated alkanes) is 2. The van der Waals surface area contributed by atoms with Crippen molar-refractivity contribution in [2.45, 2.75) is 65.7 Å². The molecule has 2 aliphatic carbocycles. The van der Waals surface area contributed by atoms with E-state index in [9.17, 15) is 18.0 Å². The van der Waals surface area contributed by atoms with Gasteiger partial charge in [0.05, 0.1) is 16.9 Å². The minimum Gasteiger partial charge on any atom is -0.299 e. The number of carbonyl (C=O) groups excluding carboxylic acids is 2. The van der Waals surface area contributed by atoms with E-state index in [-0.39, 0.29) is 34.4 Å². The van der Waals surface area contributed by atoms with Crippen molar-refractivity contribution in [3.8, 4) is 0 Å². The maximum absolute atomic E-state index is 13.2. The van der Waals surface area contributed by atoms with Crippen molar-refractivity contribution in [3.05, 3.63) is 0 Å². The molecule has 2 bridgehead atoms. The summed E-state index contributed by atoms with van der Waals surface area (Å²) in [5.74, 6) is 3.52. The van der Waals surface area contributed by atoms with E-state index in [4.69, 9.17) is 3.63 Å². The van der Waals surface area contributed by atoms with Crippen LogP contribution in [0.3, 0.4) is 0 Å². The summed E-state index contributed by atoms with van der Waals surface area (Å²) in [6.07, 6.45) is 5.49. The third-order valence-corrected chi connectivity index (χ3v) is 14.6. The summed E-state index contributed by atoms with van der Waals surface area (Å²) in [5, 5.41) is 0. The third kappa shape index (κ3) is 4.75. The van der Waals surface area contributed by atoms with Gasteiger partial charge in [0.15, 0.2) is 0 Å². The first-order valence-electron chi connectivity index (χ1n) is 10.9. The van der Waals surface area contributed by atoms with Crippen LogP contribution < -0.4 is 0 Å². The van der Waals surface area contributed by atoms with Crippen LogP contribution in [0.1, 0.15) is 65.7 Å². The zero-order valence-corrected chi connectivity index (χ0v) is 20.5. The van der Waals surface area contributed by atoms with E-state index in [2.05, 4.69) is 6.92 Å². The van der Waals surface area contributed by atoms with Crippen LogP contribution in [0.15, 0.2) is 0 Å². The molecule has 0 aromatic rings. The number of rotatable bonds is 10. The lowest BCUT2D eigenvalue weighted by atomic mass is 9.70. The van der Waals surface area contributed by atoms with E-state index < -0.39 is 25.8 Å². The Morgan fingerprint density at radius 1 is 1.24 bits per heavy atom. The zero-order chi connectivity index (χ0) is 21.3. The number of carbonyl (C=O) groups is 2. The molecular formula is C21H36O5S3. The number of ketones is 2. The molecule has 3 fully saturated rings. The Morgan fingerprint density at radius 3 is 2.48 bits per heavy atom. The van der Waals surface area contributed by atoms with Crippen LogP contribution in [0.25, 0.3) is 0 Å². The monoisotopic (exact) mass is 464 g/mol. The molecule has 5 nitrogen and oxygen atoms in total. The van der Waals surface area contributed by atoms with Crippen LogP contribution in [0.4, 0.5) is 0 Å². The van der Waals surface area contributed by atoms with Crippen molar-refractivity contribution < 1.29 is 21.6 Å². The van der Waals surface area contributed by atoms with Crippen LogP contribution in [-0.4, -0.2) is 54.5 Å². The van der Waals surface area contributed by atoms with Gasteiger partial charge in [0, 0.05) is 35.9 Å². The highest BCUT2D eigenvalue weighted by Gasteiger charge is 2.65. The molecule has 2 unspecified atom stereocenters. The predicted octanol–water partition coefficient (Wildman–Crippen LogP) is 4.34. The lowest BCUT2D eigenvalue weighted by Crippen LogP contribution is -2.43. The minimum absolute atomic E-state index is 0.0878. The van der Waals surface area contributed by atoms with Crippen LogP contribution in [0.2, 0.25) is 0 Å². The van der Waals surface area contributed by atoms with E-state index in [1.54, 1.807) is 11.8 Å². The van der Waals surface area contributed by atoms with Crippen LogP contribution in [-0.2, 0) is 23.3 Å². The SMILES string of the molecule is CCCCCC(=O)CS1(OS(=O)(=O)CC23CCC(CC2=O)C3(C)C)CCSCC1. The summed E-state index contributed by atoms with van der Waals surface area (Å²) in [7, 11) is -5.87. The maximum Gasteiger partial charge on any atom is 0.277 e. The molecule has 1 saturated heterocycles. The van der Waals surface area contributed by atoms with Gasteiger partial charge in [-0.05, 0) is 30.6 Å². The fraction of sp³-hybridized carbons (Fsp3) is 0.905. The Labute approximate surface area is 182 Å². The molecule has 0 radical (unpaired) electrons. The second-order valence-electron chi connectivity index (χ2n) is 9.56. The van der Waals surface area contributed by atoms with Gasteiger partial charge >= 0.3 is 0 Å². The van der Waals surface area contributed by atoms with Crippen molar-refractivity contribution in [2.75, 3.05) is 34.5 Å². The Hall–Kier alpha value is -0.0500. The normalized spacial score (nSPS) is 31.7. The van der Waals surface area contributed by atoms with E-state index >= 15 is 0 Å². The summed E-state index contributed by atoms with van der Waals surface area (Å²) in [5.41, 5.74) is -1.12. The quantitative estimate of drug-likeness (QED) is 0.448. The van der Waals surface area contributed by atoms with E-state index in [0.717, 1.165) is 37.2 Å². The highest BCUT2D eigenvalue weighted by molar-refractivity contribution is 8.34. The largest absolute Gasteiger partial charge is 0.299 e. The molecule has 168 valence electrons.